The van der Waals surface area contributed by atoms with E-state index in [2.05, 4.69) is 5.32 Å². The van der Waals surface area contributed by atoms with Crippen molar-refractivity contribution in [3.05, 3.63) is 29.6 Å². The van der Waals surface area contributed by atoms with Gasteiger partial charge in [-0.15, -0.1) is 0 Å². The van der Waals surface area contributed by atoms with Crippen LogP contribution in [0.5, 0.6) is 0 Å². The zero-order valence-electron chi connectivity index (χ0n) is 12.8. The summed E-state index contributed by atoms with van der Waals surface area (Å²) in [5.74, 6) is -0.211. The molecule has 0 heterocycles. The summed E-state index contributed by atoms with van der Waals surface area (Å²) in [6.07, 6.45) is 0. The lowest BCUT2D eigenvalue weighted by Gasteiger charge is -2.29. The van der Waals surface area contributed by atoms with Gasteiger partial charge in [0.15, 0.2) is 0 Å². The molecule has 4 nitrogen and oxygen atoms in total. The number of para-hydroxylation sites is 1. The average Bonchev–Trinajstić information content (AvgIpc) is 2.47. The van der Waals surface area contributed by atoms with E-state index < -0.39 is 0 Å². The van der Waals surface area contributed by atoms with Crippen LogP contribution >= 0.6 is 0 Å². The zero-order chi connectivity index (χ0) is 15.0. The van der Waals surface area contributed by atoms with Gasteiger partial charge in [0, 0.05) is 33.4 Å². The van der Waals surface area contributed by atoms with E-state index in [4.69, 9.17) is 9.47 Å². The van der Waals surface area contributed by atoms with Crippen LogP contribution in [0, 0.1) is 5.82 Å². The van der Waals surface area contributed by atoms with E-state index in [9.17, 15) is 4.39 Å². The van der Waals surface area contributed by atoms with Crippen molar-refractivity contribution in [1.29, 1.82) is 0 Å². The highest BCUT2D eigenvalue weighted by Crippen LogP contribution is 2.29. The first-order chi connectivity index (χ1) is 9.65. The molecule has 0 aromatic heterocycles. The van der Waals surface area contributed by atoms with Crippen LogP contribution < -0.4 is 10.2 Å². The van der Waals surface area contributed by atoms with Crippen molar-refractivity contribution in [2.45, 2.75) is 13.0 Å². The first kappa shape index (κ1) is 16.9. The van der Waals surface area contributed by atoms with Gasteiger partial charge in [0.25, 0.3) is 0 Å². The SMILES string of the molecule is CNC(C)c1cccc(F)c1N(CCOC)CCOC. The van der Waals surface area contributed by atoms with Gasteiger partial charge in [0.2, 0.25) is 0 Å². The van der Waals surface area contributed by atoms with Crippen LogP contribution in [0.1, 0.15) is 18.5 Å². The van der Waals surface area contributed by atoms with E-state index in [1.54, 1.807) is 20.3 Å². The Morgan fingerprint density at radius 1 is 1.20 bits per heavy atom. The number of nitrogens with zero attached hydrogens (tertiary/aromatic N) is 1. The summed E-state index contributed by atoms with van der Waals surface area (Å²) in [6.45, 7) is 4.37. The number of methoxy groups -OCH3 is 2. The van der Waals surface area contributed by atoms with Crippen molar-refractivity contribution in [3.8, 4) is 0 Å². The molecule has 0 aliphatic rings. The maximum absolute atomic E-state index is 14.3. The Hall–Kier alpha value is -1.17. The molecule has 0 radical (unpaired) electrons. The third-order valence-electron chi connectivity index (χ3n) is 3.36. The van der Waals surface area contributed by atoms with Gasteiger partial charge in [0.1, 0.15) is 5.82 Å². The molecule has 1 aromatic rings. The summed E-state index contributed by atoms with van der Waals surface area (Å²) in [5.41, 5.74) is 1.57. The second-order valence-electron chi connectivity index (χ2n) is 4.66. The summed E-state index contributed by atoms with van der Waals surface area (Å²) in [6, 6.07) is 5.26. The zero-order valence-corrected chi connectivity index (χ0v) is 12.8. The second kappa shape index (κ2) is 8.89. The maximum atomic E-state index is 14.3. The lowest BCUT2D eigenvalue weighted by Crippen LogP contribution is -2.33. The van der Waals surface area contributed by atoms with Crippen LogP contribution in [-0.4, -0.2) is 47.6 Å². The van der Waals surface area contributed by atoms with Crippen molar-refractivity contribution >= 4 is 5.69 Å². The lowest BCUT2D eigenvalue weighted by molar-refractivity contribution is 0.190. The smallest absolute Gasteiger partial charge is 0.146 e. The normalized spacial score (nSPS) is 12.4. The van der Waals surface area contributed by atoms with Crippen LogP contribution in [0.25, 0.3) is 0 Å². The summed E-state index contributed by atoms with van der Waals surface area (Å²) in [5, 5.41) is 3.16. The van der Waals surface area contributed by atoms with Crippen LogP contribution in [0.2, 0.25) is 0 Å². The molecular weight excluding hydrogens is 259 g/mol. The number of hydrogen-bond donors (Lipinski definition) is 1. The second-order valence-corrected chi connectivity index (χ2v) is 4.66. The molecule has 5 heteroatoms. The predicted octanol–water partition coefficient (Wildman–Crippen LogP) is 2.21. The van der Waals surface area contributed by atoms with Gasteiger partial charge in [-0.2, -0.15) is 0 Å². The summed E-state index contributed by atoms with van der Waals surface area (Å²) in [7, 11) is 5.16. The Balaban J connectivity index is 3.08. The minimum Gasteiger partial charge on any atom is -0.383 e. The average molecular weight is 284 g/mol. The van der Waals surface area contributed by atoms with Crippen LogP contribution in [0.15, 0.2) is 18.2 Å². The highest BCUT2D eigenvalue weighted by Gasteiger charge is 2.18. The van der Waals surface area contributed by atoms with E-state index in [0.29, 0.717) is 32.0 Å². The van der Waals surface area contributed by atoms with E-state index in [1.807, 2.05) is 24.9 Å². The number of benzene rings is 1. The molecule has 0 bridgehead atoms. The number of rotatable bonds is 9. The number of hydrogen-bond acceptors (Lipinski definition) is 4. The maximum Gasteiger partial charge on any atom is 0.146 e. The van der Waals surface area contributed by atoms with E-state index in [-0.39, 0.29) is 11.9 Å². The fourth-order valence-electron chi connectivity index (χ4n) is 2.11. The third kappa shape index (κ3) is 4.44. The minimum atomic E-state index is -0.211. The molecular formula is C15H25FN2O2. The van der Waals surface area contributed by atoms with Gasteiger partial charge < -0.3 is 19.7 Å². The number of ether oxygens (including phenoxy) is 2. The summed E-state index contributed by atoms with van der Waals surface area (Å²) >= 11 is 0. The fraction of sp³-hybridized carbons (Fsp3) is 0.600. The standard InChI is InChI=1S/C15H25FN2O2/c1-12(17-2)13-6-5-7-14(16)15(13)18(8-10-19-3)9-11-20-4/h5-7,12,17H,8-11H2,1-4H3. The van der Waals surface area contributed by atoms with Crippen LogP contribution in [-0.2, 0) is 9.47 Å². The van der Waals surface area contributed by atoms with Gasteiger partial charge in [-0.1, -0.05) is 12.1 Å². The van der Waals surface area contributed by atoms with Crippen molar-refractivity contribution < 1.29 is 13.9 Å². The fourth-order valence-corrected chi connectivity index (χ4v) is 2.11. The highest BCUT2D eigenvalue weighted by atomic mass is 19.1. The first-order valence-corrected chi connectivity index (χ1v) is 6.84. The van der Waals surface area contributed by atoms with Gasteiger partial charge in [-0.05, 0) is 25.6 Å². The van der Waals surface area contributed by atoms with Crippen molar-refractivity contribution in [2.75, 3.05) is 52.5 Å². The first-order valence-electron chi connectivity index (χ1n) is 6.84. The van der Waals surface area contributed by atoms with Gasteiger partial charge in [-0.3, -0.25) is 0 Å². The van der Waals surface area contributed by atoms with Crippen LogP contribution in [0.3, 0.4) is 0 Å². The molecule has 0 aliphatic heterocycles. The van der Waals surface area contributed by atoms with E-state index in [0.717, 1.165) is 5.56 Å². The molecule has 1 unspecified atom stereocenters. The van der Waals surface area contributed by atoms with Gasteiger partial charge >= 0.3 is 0 Å². The molecule has 20 heavy (non-hydrogen) atoms. The number of anilines is 1. The number of halogens is 1. The molecule has 0 amide bonds. The summed E-state index contributed by atoms with van der Waals surface area (Å²) in [4.78, 5) is 1.98. The minimum absolute atomic E-state index is 0.0771. The molecule has 0 aliphatic carbocycles. The Labute approximate surface area is 120 Å². The topological polar surface area (TPSA) is 33.7 Å². The largest absolute Gasteiger partial charge is 0.383 e. The Bertz CT molecular complexity index is 393. The molecule has 0 spiro atoms. The monoisotopic (exact) mass is 284 g/mol. The van der Waals surface area contributed by atoms with Gasteiger partial charge in [-0.25, -0.2) is 4.39 Å². The summed E-state index contributed by atoms with van der Waals surface area (Å²) < 4.78 is 24.5. The van der Waals surface area contributed by atoms with Gasteiger partial charge in [0.05, 0.1) is 18.9 Å². The molecule has 0 saturated carbocycles. The van der Waals surface area contributed by atoms with E-state index in [1.165, 1.54) is 6.07 Å². The highest BCUT2D eigenvalue weighted by molar-refractivity contribution is 5.56. The third-order valence-corrected chi connectivity index (χ3v) is 3.36. The lowest BCUT2D eigenvalue weighted by atomic mass is 10.0. The van der Waals surface area contributed by atoms with Crippen molar-refractivity contribution in [3.63, 3.8) is 0 Å². The molecule has 1 aromatic carbocycles. The Morgan fingerprint density at radius 2 is 1.80 bits per heavy atom. The van der Waals surface area contributed by atoms with Crippen molar-refractivity contribution in [2.24, 2.45) is 0 Å². The Morgan fingerprint density at radius 3 is 2.30 bits per heavy atom. The molecule has 0 saturated heterocycles. The molecule has 1 atom stereocenters. The van der Waals surface area contributed by atoms with Crippen LogP contribution in [0.4, 0.5) is 10.1 Å². The molecule has 1 N–H and O–H groups in total. The predicted molar refractivity (Wildman–Crippen MR) is 79.8 cm³/mol. The quantitative estimate of drug-likeness (QED) is 0.754. The number of nitrogens with one attached hydrogen (secondary N) is 1. The molecule has 1 rings (SSSR count). The molecule has 114 valence electrons. The van der Waals surface area contributed by atoms with Crippen molar-refractivity contribution in [1.82, 2.24) is 5.32 Å². The Kier molecular flexibility index (Phi) is 7.51. The van der Waals surface area contributed by atoms with E-state index >= 15 is 0 Å². The molecule has 0 fully saturated rings.